The lowest BCUT2D eigenvalue weighted by Gasteiger charge is -2.36. The Morgan fingerprint density at radius 2 is 1.71 bits per heavy atom. The van der Waals surface area contributed by atoms with Crippen molar-refractivity contribution in [3.05, 3.63) is 0 Å². The minimum atomic E-state index is -0.194. The second-order valence-electron chi connectivity index (χ2n) is 9.04. The summed E-state index contributed by atoms with van der Waals surface area (Å²) in [4.78, 5) is 24.8. The molecule has 0 aromatic carbocycles. The molecule has 1 rings (SSSR count). The molecule has 0 radical (unpaired) electrons. The molecule has 0 spiro atoms. The molecule has 0 aromatic heterocycles. The summed E-state index contributed by atoms with van der Waals surface area (Å²) in [6.07, 6.45) is 10.8. The van der Waals surface area contributed by atoms with Crippen LogP contribution in [-0.2, 0) is 19.1 Å². The highest BCUT2D eigenvalue weighted by Gasteiger charge is 2.37. The Bertz CT molecular complexity index is 446. The van der Waals surface area contributed by atoms with Crippen LogP contribution in [0.4, 0.5) is 0 Å². The monoisotopic (exact) mass is 396 g/mol. The highest BCUT2D eigenvalue weighted by Crippen LogP contribution is 2.39. The van der Waals surface area contributed by atoms with Crippen molar-refractivity contribution in [3.8, 4) is 0 Å². The molecule has 1 saturated carbocycles. The van der Waals surface area contributed by atoms with E-state index in [-0.39, 0.29) is 24.0 Å². The third-order valence-corrected chi connectivity index (χ3v) is 6.21. The molecule has 28 heavy (non-hydrogen) atoms. The molecule has 0 bridgehead atoms. The fourth-order valence-corrected chi connectivity index (χ4v) is 4.47. The van der Waals surface area contributed by atoms with Gasteiger partial charge in [0.15, 0.2) is 0 Å². The summed E-state index contributed by atoms with van der Waals surface area (Å²) >= 11 is 0. The van der Waals surface area contributed by atoms with Crippen LogP contribution in [0.1, 0.15) is 105 Å². The third-order valence-electron chi connectivity index (χ3n) is 6.21. The van der Waals surface area contributed by atoms with Gasteiger partial charge in [-0.15, -0.1) is 0 Å². The Labute approximate surface area is 173 Å². The molecule has 0 aliphatic heterocycles. The van der Waals surface area contributed by atoms with Crippen molar-refractivity contribution in [1.82, 2.24) is 0 Å². The molecule has 4 atom stereocenters. The molecule has 0 N–H and O–H groups in total. The van der Waals surface area contributed by atoms with Gasteiger partial charge in [0.25, 0.3) is 0 Å². The topological polar surface area (TPSA) is 52.6 Å². The maximum atomic E-state index is 13.0. The van der Waals surface area contributed by atoms with Gasteiger partial charge in [-0.2, -0.15) is 0 Å². The first kappa shape index (κ1) is 25.0. The van der Waals surface area contributed by atoms with Gasteiger partial charge in [-0.05, 0) is 56.8 Å². The van der Waals surface area contributed by atoms with E-state index in [2.05, 4.69) is 27.7 Å². The molecule has 4 nitrogen and oxygen atoms in total. The van der Waals surface area contributed by atoms with Crippen LogP contribution in [0.25, 0.3) is 0 Å². The lowest BCUT2D eigenvalue weighted by Crippen LogP contribution is -2.36. The lowest BCUT2D eigenvalue weighted by atomic mass is 9.70. The second-order valence-corrected chi connectivity index (χ2v) is 9.04. The molecule has 4 heteroatoms. The van der Waals surface area contributed by atoms with Crippen LogP contribution < -0.4 is 0 Å². The molecule has 164 valence electrons. The summed E-state index contributed by atoms with van der Waals surface area (Å²) in [7, 11) is 0. The van der Waals surface area contributed by atoms with Gasteiger partial charge >= 0.3 is 11.9 Å². The predicted octanol–water partition coefficient (Wildman–Crippen LogP) is 6.31. The molecular formula is C24H44O4. The molecule has 4 unspecified atom stereocenters. The Kier molecular flexibility index (Phi) is 12.5. The quantitative estimate of drug-likeness (QED) is 0.270. The minimum absolute atomic E-state index is 0.00827. The van der Waals surface area contributed by atoms with Crippen molar-refractivity contribution in [3.63, 3.8) is 0 Å². The summed E-state index contributed by atoms with van der Waals surface area (Å²) in [6, 6.07) is 0. The van der Waals surface area contributed by atoms with Gasteiger partial charge in [0, 0.05) is 6.42 Å². The summed E-state index contributed by atoms with van der Waals surface area (Å²) in [6.45, 7) is 11.1. The zero-order valence-electron chi connectivity index (χ0n) is 19.0. The van der Waals surface area contributed by atoms with E-state index in [1.165, 1.54) is 25.7 Å². The molecule has 1 fully saturated rings. The average molecular weight is 397 g/mol. The van der Waals surface area contributed by atoms with Crippen LogP contribution in [-0.4, -0.2) is 24.6 Å². The molecule has 0 heterocycles. The fourth-order valence-electron chi connectivity index (χ4n) is 4.47. The summed E-state index contributed by atoms with van der Waals surface area (Å²) in [5.41, 5.74) is 0. The first-order chi connectivity index (χ1) is 13.4. The van der Waals surface area contributed by atoms with Crippen molar-refractivity contribution < 1.29 is 19.1 Å². The van der Waals surface area contributed by atoms with Gasteiger partial charge < -0.3 is 9.47 Å². The molecule has 0 saturated heterocycles. The second kappa shape index (κ2) is 14.0. The average Bonchev–Trinajstić information content (AvgIpc) is 2.65. The van der Waals surface area contributed by atoms with Gasteiger partial charge in [-0.25, -0.2) is 0 Å². The van der Waals surface area contributed by atoms with Crippen LogP contribution in [0, 0.1) is 23.7 Å². The highest BCUT2D eigenvalue weighted by molar-refractivity contribution is 5.73. The van der Waals surface area contributed by atoms with E-state index >= 15 is 0 Å². The Hall–Kier alpha value is -1.06. The third kappa shape index (κ3) is 9.43. The maximum absolute atomic E-state index is 13.0. The SMILES string of the molecule is CCCCCCCC(CCC(=O)OCC)OC(=O)C1CC(C)CCC1C(C)C. The summed E-state index contributed by atoms with van der Waals surface area (Å²) in [5, 5.41) is 0. The number of esters is 2. The molecular weight excluding hydrogens is 352 g/mol. The normalized spacial score (nSPS) is 23.4. The van der Waals surface area contributed by atoms with E-state index in [4.69, 9.17) is 9.47 Å². The highest BCUT2D eigenvalue weighted by atomic mass is 16.5. The van der Waals surface area contributed by atoms with Crippen LogP contribution in [0.2, 0.25) is 0 Å². The fraction of sp³-hybridized carbons (Fsp3) is 0.917. The van der Waals surface area contributed by atoms with Crippen molar-refractivity contribution in [2.75, 3.05) is 6.61 Å². The lowest BCUT2D eigenvalue weighted by molar-refractivity contribution is -0.161. The molecule has 0 amide bonds. The number of hydrogen-bond acceptors (Lipinski definition) is 4. The van der Waals surface area contributed by atoms with Gasteiger partial charge in [0.05, 0.1) is 12.5 Å². The van der Waals surface area contributed by atoms with Crippen molar-refractivity contribution in [1.29, 1.82) is 0 Å². The van der Waals surface area contributed by atoms with E-state index in [9.17, 15) is 9.59 Å². The Morgan fingerprint density at radius 3 is 2.36 bits per heavy atom. The Balaban J connectivity index is 2.64. The standard InChI is InChI=1S/C24H44O4/c1-6-8-9-10-11-12-20(14-16-23(25)27-7-2)28-24(26)22-17-19(5)13-15-21(22)18(3)4/h18-22H,6-17H2,1-5H3. The maximum Gasteiger partial charge on any atom is 0.309 e. The smallest absolute Gasteiger partial charge is 0.309 e. The summed E-state index contributed by atoms with van der Waals surface area (Å²) < 4.78 is 11.1. The van der Waals surface area contributed by atoms with Crippen LogP contribution in [0.3, 0.4) is 0 Å². The minimum Gasteiger partial charge on any atom is -0.466 e. The van der Waals surface area contributed by atoms with E-state index in [0.29, 0.717) is 37.2 Å². The van der Waals surface area contributed by atoms with Crippen molar-refractivity contribution in [2.24, 2.45) is 23.7 Å². The number of rotatable bonds is 13. The predicted molar refractivity (Wildman–Crippen MR) is 114 cm³/mol. The number of hydrogen-bond donors (Lipinski definition) is 0. The Morgan fingerprint density at radius 1 is 1.00 bits per heavy atom. The van der Waals surface area contributed by atoms with Gasteiger partial charge in [0.1, 0.15) is 6.10 Å². The van der Waals surface area contributed by atoms with Gasteiger partial charge in [-0.1, -0.05) is 59.8 Å². The van der Waals surface area contributed by atoms with E-state index in [1.54, 1.807) is 0 Å². The van der Waals surface area contributed by atoms with E-state index < -0.39 is 0 Å². The number of carbonyl (C=O) groups is 2. The van der Waals surface area contributed by atoms with Crippen LogP contribution in [0.5, 0.6) is 0 Å². The molecule has 0 aromatic rings. The van der Waals surface area contributed by atoms with Gasteiger partial charge in [-0.3, -0.25) is 9.59 Å². The first-order valence-electron chi connectivity index (χ1n) is 11.7. The van der Waals surface area contributed by atoms with Crippen LogP contribution >= 0.6 is 0 Å². The van der Waals surface area contributed by atoms with Crippen molar-refractivity contribution in [2.45, 2.75) is 111 Å². The number of carbonyl (C=O) groups excluding carboxylic acids is 2. The zero-order chi connectivity index (χ0) is 20.9. The first-order valence-corrected chi connectivity index (χ1v) is 11.7. The van der Waals surface area contributed by atoms with Crippen molar-refractivity contribution >= 4 is 11.9 Å². The number of ether oxygens (including phenoxy) is 2. The van der Waals surface area contributed by atoms with Gasteiger partial charge in [0.2, 0.25) is 0 Å². The zero-order valence-corrected chi connectivity index (χ0v) is 19.0. The van der Waals surface area contributed by atoms with E-state index in [0.717, 1.165) is 32.1 Å². The molecule has 1 aliphatic carbocycles. The molecule has 1 aliphatic rings. The van der Waals surface area contributed by atoms with E-state index in [1.807, 2.05) is 6.92 Å². The van der Waals surface area contributed by atoms with Crippen LogP contribution in [0.15, 0.2) is 0 Å². The largest absolute Gasteiger partial charge is 0.466 e. The summed E-state index contributed by atoms with van der Waals surface area (Å²) in [5.74, 6) is 1.28. The number of unbranched alkanes of at least 4 members (excludes halogenated alkanes) is 4.